The highest BCUT2D eigenvalue weighted by atomic mass is 32.2. The van der Waals surface area contributed by atoms with E-state index in [9.17, 15) is 4.79 Å². The van der Waals surface area contributed by atoms with E-state index in [1.807, 2.05) is 12.1 Å². The molecular weight excluding hydrogens is 288 g/mol. The third kappa shape index (κ3) is 4.06. The van der Waals surface area contributed by atoms with Gasteiger partial charge in [-0.25, -0.2) is 0 Å². The molecule has 0 aliphatic heterocycles. The van der Waals surface area contributed by atoms with E-state index in [4.69, 9.17) is 14.6 Å². The quantitative estimate of drug-likeness (QED) is 0.871. The Hall–Kier alpha value is -1.36. The van der Waals surface area contributed by atoms with E-state index in [0.717, 1.165) is 24.3 Å². The fourth-order valence-electron chi connectivity index (χ4n) is 2.94. The normalized spacial score (nSPS) is 21.8. The predicted octanol–water partition coefficient (Wildman–Crippen LogP) is 3.55. The van der Waals surface area contributed by atoms with Crippen molar-refractivity contribution in [1.29, 1.82) is 0 Å². The van der Waals surface area contributed by atoms with Gasteiger partial charge in [-0.2, -0.15) is 0 Å². The number of hydrogen-bond donors (Lipinski definition) is 1. The zero-order valence-corrected chi connectivity index (χ0v) is 13.3. The van der Waals surface area contributed by atoms with Gasteiger partial charge in [0.25, 0.3) is 0 Å². The average molecular weight is 310 g/mol. The summed E-state index contributed by atoms with van der Waals surface area (Å²) >= 11 is 1.56. The lowest BCUT2D eigenvalue weighted by Gasteiger charge is -2.31. The summed E-state index contributed by atoms with van der Waals surface area (Å²) in [5.74, 6) is 1.29. The van der Waals surface area contributed by atoms with Gasteiger partial charge in [0.2, 0.25) is 0 Å². The minimum atomic E-state index is -0.739. The number of thioether (sulfide) groups is 1. The molecule has 4 nitrogen and oxygen atoms in total. The van der Waals surface area contributed by atoms with Crippen LogP contribution in [0.15, 0.2) is 18.2 Å². The molecule has 2 rings (SSSR count). The topological polar surface area (TPSA) is 55.8 Å². The molecule has 0 heterocycles. The summed E-state index contributed by atoms with van der Waals surface area (Å²) in [5.41, 5.74) is 1.22. The summed E-state index contributed by atoms with van der Waals surface area (Å²) < 4.78 is 10.7. The molecule has 0 radical (unpaired) electrons. The van der Waals surface area contributed by atoms with Crippen molar-refractivity contribution >= 4 is 17.7 Å². The van der Waals surface area contributed by atoms with Crippen LogP contribution < -0.4 is 9.47 Å². The number of carboxylic acids is 1. The molecule has 21 heavy (non-hydrogen) atoms. The predicted molar refractivity (Wildman–Crippen MR) is 84.6 cm³/mol. The summed E-state index contributed by atoms with van der Waals surface area (Å²) in [7, 11) is 3.27. The first-order valence-corrected chi connectivity index (χ1v) is 8.26. The van der Waals surface area contributed by atoms with Crippen LogP contribution in [0.2, 0.25) is 0 Å². The van der Waals surface area contributed by atoms with Crippen LogP contribution >= 0.6 is 11.8 Å². The van der Waals surface area contributed by atoms with Crippen LogP contribution in [-0.4, -0.2) is 36.3 Å². The first-order valence-electron chi connectivity index (χ1n) is 7.21. The number of methoxy groups -OCH3 is 2. The molecule has 116 valence electrons. The first-order chi connectivity index (χ1) is 10.2. The van der Waals surface area contributed by atoms with Gasteiger partial charge in [0.05, 0.1) is 20.0 Å². The summed E-state index contributed by atoms with van der Waals surface area (Å²) in [6.07, 6.45) is 4.56. The highest BCUT2D eigenvalue weighted by Crippen LogP contribution is 2.42. The Kier molecular flexibility index (Phi) is 5.79. The summed E-state index contributed by atoms with van der Waals surface area (Å²) in [4.78, 5) is 10.8. The van der Waals surface area contributed by atoms with Gasteiger partial charge in [-0.3, -0.25) is 4.79 Å². The number of carbonyl (C=O) groups is 1. The van der Waals surface area contributed by atoms with Gasteiger partial charge < -0.3 is 14.6 Å². The van der Waals surface area contributed by atoms with Crippen LogP contribution in [0.25, 0.3) is 0 Å². The Morgan fingerprint density at radius 2 is 1.95 bits per heavy atom. The van der Waals surface area contributed by atoms with Gasteiger partial charge in [0.1, 0.15) is 0 Å². The SMILES string of the molecule is COc1ccc(C2CCCCC2SCC(=O)O)cc1OC. The number of aliphatic carboxylic acids is 1. The number of carboxylic acid groups (broad SMARTS) is 1. The lowest BCUT2D eigenvalue weighted by molar-refractivity contribution is -0.133. The van der Waals surface area contributed by atoms with Gasteiger partial charge in [-0.15, -0.1) is 11.8 Å². The number of rotatable bonds is 6. The maximum absolute atomic E-state index is 10.8. The molecule has 2 atom stereocenters. The first kappa shape index (κ1) is 16.0. The molecule has 0 bridgehead atoms. The monoisotopic (exact) mass is 310 g/mol. The molecule has 1 aromatic rings. The van der Waals surface area contributed by atoms with Gasteiger partial charge in [0.15, 0.2) is 11.5 Å². The highest BCUT2D eigenvalue weighted by molar-refractivity contribution is 8.00. The molecule has 2 unspecified atom stereocenters. The van der Waals surface area contributed by atoms with E-state index < -0.39 is 5.97 Å². The Labute approximate surface area is 129 Å². The van der Waals surface area contributed by atoms with E-state index in [0.29, 0.717) is 11.2 Å². The number of ether oxygens (including phenoxy) is 2. The minimum absolute atomic E-state index is 0.175. The smallest absolute Gasteiger partial charge is 0.313 e. The molecule has 0 aromatic heterocycles. The lowest BCUT2D eigenvalue weighted by atomic mass is 9.83. The van der Waals surface area contributed by atoms with E-state index >= 15 is 0 Å². The molecule has 1 aliphatic carbocycles. The van der Waals surface area contributed by atoms with Crippen molar-refractivity contribution in [2.45, 2.75) is 36.9 Å². The third-order valence-corrected chi connectivity index (χ3v) is 5.37. The van der Waals surface area contributed by atoms with Crippen molar-refractivity contribution in [1.82, 2.24) is 0 Å². The zero-order valence-electron chi connectivity index (χ0n) is 12.5. The van der Waals surface area contributed by atoms with Crippen LogP contribution in [0.1, 0.15) is 37.2 Å². The highest BCUT2D eigenvalue weighted by Gasteiger charge is 2.28. The van der Waals surface area contributed by atoms with Crippen LogP contribution in [0.5, 0.6) is 11.5 Å². The number of benzene rings is 1. The van der Waals surface area contributed by atoms with Crippen molar-refractivity contribution in [2.24, 2.45) is 0 Å². The van der Waals surface area contributed by atoms with Gasteiger partial charge in [0, 0.05) is 5.25 Å². The fourth-order valence-corrected chi connectivity index (χ4v) is 4.15. The summed E-state index contributed by atoms with van der Waals surface area (Å²) in [6, 6.07) is 6.04. The standard InChI is InChI=1S/C16H22O4S/c1-19-13-8-7-11(9-14(13)20-2)12-5-3-4-6-15(12)21-10-16(17)18/h7-9,12,15H,3-6,10H2,1-2H3,(H,17,18). The van der Waals surface area contributed by atoms with Gasteiger partial charge in [-0.05, 0) is 36.5 Å². The summed E-state index contributed by atoms with van der Waals surface area (Å²) in [6.45, 7) is 0. The van der Waals surface area contributed by atoms with Crippen LogP contribution in [-0.2, 0) is 4.79 Å². The molecular formula is C16H22O4S. The Morgan fingerprint density at radius 1 is 1.24 bits per heavy atom. The summed E-state index contributed by atoms with van der Waals surface area (Å²) in [5, 5.41) is 9.26. The largest absolute Gasteiger partial charge is 0.493 e. The van der Waals surface area contributed by atoms with Crippen molar-refractivity contribution in [3.63, 3.8) is 0 Å². The molecule has 1 N–H and O–H groups in total. The maximum Gasteiger partial charge on any atom is 0.313 e. The number of hydrogen-bond acceptors (Lipinski definition) is 4. The molecule has 1 aliphatic rings. The molecule has 1 aromatic carbocycles. The molecule has 0 amide bonds. The van der Waals surface area contributed by atoms with Gasteiger partial charge in [-0.1, -0.05) is 18.9 Å². The van der Waals surface area contributed by atoms with Crippen molar-refractivity contribution in [3.8, 4) is 11.5 Å². The second-order valence-electron chi connectivity index (χ2n) is 5.25. The molecule has 1 saturated carbocycles. The van der Waals surface area contributed by atoms with E-state index in [1.54, 1.807) is 26.0 Å². The third-order valence-electron chi connectivity index (χ3n) is 3.96. The van der Waals surface area contributed by atoms with Crippen molar-refractivity contribution in [3.05, 3.63) is 23.8 Å². The van der Waals surface area contributed by atoms with Crippen LogP contribution in [0, 0.1) is 0 Å². The molecule has 5 heteroatoms. The van der Waals surface area contributed by atoms with Crippen molar-refractivity contribution in [2.75, 3.05) is 20.0 Å². The molecule has 0 saturated heterocycles. The molecule has 1 fully saturated rings. The van der Waals surface area contributed by atoms with Gasteiger partial charge >= 0.3 is 5.97 Å². The zero-order chi connectivity index (χ0) is 15.2. The van der Waals surface area contributed by atoms with E-state index in [2.05, 4.69) is 6.07 Å². The Balaban J connectivity index is 2.18. The second-order valence-corrected chi connectivity index (χ2v) is 6.48. The average Bonchev–Trinajstić information content (AvgIpc) is 2.52. The molecule has 0 spiro atoms. The van der Waals surface area contributed by atoms with Crippen molar-refractivity contribution < 1.29 is 19.4 Å². The van der Waals surface area contributed by atoms with E-state index in [1.165, 1.54) is 18.4 Å². The minimum Gasteiger partial charge on any atom is -0.493 e. The Morgan fingerprint density at radius 3 is 2.62 bits per heavy atom. The lowest BCUT2D eigenvalue weighted by Crippen LogP contribution is -2.21. The van der Waals surface area contributed by atoms with E-state index in [-0.39, 0.29) is 5.75 Å². The maximum atomic E-state index is 10.8. The second kappa shape index (κ2) is 7.59. The van der Waals surface area contributed by atoms with Crippen LogP contribution in [0.3, 0.4) is 0 Å². The Bertz CT molecular complexity index is 489. The van der Waals surface area contributed by atoms with Crippen LogP contribution in [0.4, 0.5) is 0 Å². The fraction of sp³-hybridized carbons (Fsp3) is 0.562.